The van der Waals surface area contributed by atoms with Gasteiger partial charge in [0.1, 0.15) is 0 Å². The zero-order valence-corrected chi connectivity index (χ0v) is 11.8. The molecule has 0 saturated heterocycles. The molecule has 2 aromatic rings. The fourth-order valence-electron chi connectivity index (χ4n) is 1.26. The summed E-state index contributed by atoms with van der Waals surface area (Å²) < 4.78 is 4.45. The lowest BCUT2D eigenvalue weighted by molar-refractivity contribution is 0.901. The summed E-state index contributed by atoms with van der Waals surface area (Å²) in [6.07, 6.45) is 0. The van der Waals surface area contributed by atoms with Gasteiger partial charge < -0.3 is 4.57 Å². The van der Waals surface area contributed by atoms with Crippen LogP contribution in [0.1, 0.15) is 0 Å². The highest BCUT2D eigenvalue weighted by Gasteiger charge is 2.09. The summed E-state index contributed by atoms with van der Waals surface area (Å²) in [6, 6.07) is 5.93. The molecule has 0 bridgehead atoms. The third-order valence-electron chi connectivity index (χ3n) is 2.05. The third-order valence-corrected chi connectivity index (χ3v) is 3.57. The molecule has 0 spiro atoms. The average molecular weight is 349 g/mol. The molecule has 0 amide bonds. The number of benzene rings is 1. The molecule has 0 radical (unpaired) electrons. The van der Waals surface area contributed by atoms with Crippen molar-refractivity contribution in [2.45, 2.75) is 0 Å². The molecule has 0 fully saturated rings. The predicted molar refractivity (Wildman–Crippen MR) is 69.2 cm³/mol. The van der Waals surface area contributed by atoms with Crippen molar-refractivity contribution in [3.8, 4) is 11.4 Å². The standard InChI is InChI=1S/C9H7Br2N3S/c1-14-8(12-13-9(14)15)6-3-2-5(10)4-7(6)11/h2-4H,1H3,(H,13,15). The summed E-state index contributed by atoms with van der Waals surface area (Å²) in [5.74, 6) is 0.819. The van der Waals surface area contributed by atoms with Crippen LogP contribution < -0.4 is 0 Å². The number of hydrogen-bond acceptors (Lipinski definition) is 2. The summed E-state index contributed by atoms with van der Waals surface area (Å²) in [4.78, 5) is 0. The van der Waals surface area contributed by atoms with Crippen molar-refractivity contribution < 1.29 is 0 Å². The second-order valence-electron chi connectivity index (χ2n) is 3.04. The Bertz CT molecular complexity index is 559. The molecule has 78 valence electrons. The van der Waals surface area contributed by atoms with Crippen molar-refractivity contribution in [1.82, 2.24) is 14.8 Å². The van der Waals surface area contributed by atoms with E-state index >= 15 is 0 Å². The Morgan fingerprint density at radius 2 is 2.13 bits per heavy atom. The Balaban J connectivity index is 2.64. The molecule has 0 aliphatic heterocycles. The number of hydrogen-bond donors (Lipinski definition) is 1. The van der Waals surface area contributed by atoms with Gasteiger partial charge >= 0.3 is 0 Å². The van der Waals surface area contributed by atoms with Gasteiger partial charge in [0.05, 0.1) is 0 Å². The smallest absolute Gasteiger partial charge is 0.195 e. The van der Waals surface area contributed by atoms with E-state index in [-0.39, 0.29) is 0 Å². The van der Waals surface area contributed by atoms with E-state index in [1.165, 1.54) is 0 Å². The topological polar surface area (TPSA) is 33.6 Å². The van der Waals surface area contributed by atoms with E-state index in [4.69, 9.17) is 12.2 Å². The lowest BCUT2D eigenvalue weighted by atomic mass is 10.2. The minimum absolute atomic E-state index is 0.611. The Kier molecular flexibility index (Phi) is 3.08. The van der Waals surface area contributed by atoms with Crippen LogP contribution in [0.15, 0.2) is 27.1 Å². The molecule has 1 aromatic carbocycles. The lowest BCUT2D eigenvalue weighted by Crippen LogP contribution is -1.93. The molecule has 15 heavy (non-hydrogen) atoms. The normalized spacial score (nSPS) is 10.6. The van der Waals surface area contributed by atoms with Crippen LogP contribution in [0, 0.1) is 4.77 Å². The van der Waals surface area contributed by atoms with Crippen molar-refractivity contribution in [2.75, 3.05) is 0 Å². The number of aromatic nitrogens is 3. The third kappa shape index (κ3) is 2.07. The van der Waals surface area contributed by atoms with Gasteiger partial charge in [0.2, 0.25) is 0 Å². The van der Waals surface area contributed by atoms with E-state index in [2.05, 4.69) is 42.1 Å². The summed E-state index contributed by atoms with van der Waals surface area (Å²) in [7, 11) is 1.88. The summed E-state index contributed by atoms with van der Waals surface area (Å²) in [5, 5.41) is 6.94. The molecule has 1 N–H and O–H groups in total. The van der Waals surface area contributed by atoms with Crippen LogP contribution in [-0.2, 0) is 7.05 Å². The lowest BCUT2D eigenvalue weighted by Gasteiger charge is -2.03. The zero-order valence-electron chi connectivity index (χ0n) is 7.79. The number of halogens is 2. The van der Waals surface area contributed by atoms with Gasteiger partial charge in [-0.25, -0.2) is 0 Å². The summed E-state index contributed by atoms with van der Waals surface area (Å²) >= 11 is 12.0. The molecule has 2 rings (SSSR count). The van der Waals surface area contributed by atoms with Crippen molar-refractivity contribution in [1.29, 1.82) is 0 Å². The van der Waals surface area contributed by atoms with E-state index < -0.39 is 0 Å². The first kappa shape index (κ1) is 11.0. The maximum Gasteiger partial charge on any atom is 0.195 e. The molecule has 1 heterocycles. The number of nitrogens with one attached hydrogen (secondary N) is 1. The predicted octanol–water partition coefficient (Wildman–Crippen LogP) is 3.67. The maximum absolute atomic E-state index is 5.06. The van der Waals surface area contributed by atoms with Gasteiger partial charge in [-0.2, -0.15) is 5.10 Å². The van der Waals surface area contributed by atoms with Crippen LogP contribution in [0.3, 0.4) is 0 Å². The van der Waals surface area contributed by atoms with Crippen molar-refractivity contribution in [3.63, 3.8) is 0 Å². The van der Waals surface area contributed by atoms with Gasteiger partial charge in [0.25, 0.3) is 0 Å². The summed E-state index contributed by atoms with van der Waals surface area (Å²) in [6.45, 7) is 0. The molecule has 0 atom stereocenters. The first-order valence-electron chi connectivity index (χ1n) is 4.16. The van der Waals surface area contributed by atoms with Crippen molar-refractivity contribution in [2.24, 2.45) is 7.05 Å². The Labute approximate surface area is 109 Å². The maximum atomic E-state index is 5.06. The van der Waals surface area contributed by atoms with Crippen LogP contribution >= 0.6 is 44.1 Å². The molecule has 0 aliphatic rings. The minimum Gasteiger partial charge on any atom is -0.303 e. The highest BCUT2D eigenvalue weighted by atomic mass is 79.9. The first-order chi connectivity index (χ1) is 7.09. The van der Waals surface area contributed by atoms with Gasteiger partial charge in [0, 0.05) is 21.6 Å². The van der Waals surface area contributed by atoms with E-state index in [9.17, 15) is 0 Å². The van der Waals surface area contributed by atoms with Crippen LogP contribution in [-0.4, -0.2) is 14.8 Å². The molecule has 3 nitrogen and oxygen atoms in total. The largest absolute Gasteiger partial charge is 0.303 e. The van der Waals surface area contributed by atoms with Gasteiger partial charge in [-0.3, -0.25) is 5.10 Å². The quantitative estimate of drug-likeness (QED) is 0.798. The molecule has 0 unspecified atom stereocenters. The number of H-pyrrole nitrogens is 1. The first-order valence-corrected chi connectivity index (χ1v) is 6.16. The number of rotatable bonds is 1. The second-order valence-corrected chi connectivity index (χ2v) is 5.19. The van der Waals surface area contributed by atoms with Crippen LogP contribution in [0.5, 0.6) is 0 Å². The SMILES string of the molecule is Cn1c(-c2ccc(Br)cc2Br)n[nH]c1=S. The van der Waals surface area contributed by atoms with Gasteiger partial charge in [0.15, 0.2) is 10.6 Å². The van der Waals surface area contributed by atoms with E-state index in [1.54, 1.807) is 0 Å². The Morgan fingerprint density at radius 3 is 2.67 bits per heavy atom. The van der Waals surface area contributed by atoms with Crippen LogP contribution in [0.4, 0.5) is 0 Å². The highest BCUT2D eigenvalue weighted by Crippen LogP contribution is 2.29. The summed E-state index contributed by atoms with van der Waals surface area (Å²) in [5.41, 5.74) is 1.01. The molecular formula is C9H7Br2N3S. The zero-order chi connectivity index (χ0) is 11.0. The van der Waals surface area contributed by atoms with Gasteiger partial charge in [-0.05, 0) is 46.3 Å². The molecular weight excluding hydrogens is 342 g/mol. The van der Waals surface area contributed by atoms with Crippen LogP contribution in [0.2, 0.25) is 0 Å². The van der Waals surface area contributed by atoms with E-state index in [0.29, 0.717) is 4.77 Å². The van der Waals surface area contributed by atoms with Gasteiger partial charge in [-0.15, -0.1) is 0 Å². The monoisotopic (exact) mass is 347 g/mol. The molecule has 1 aromatic heterocycles. The number of nitrogens with zero attached hydrogens (tertiary/aromatic N) is 2. The van der Waals surface area contributed by atoms with Crippen molar-refractivity contribution >= 4 is 44.1 Å². The fraction of sp³-hybridized carbons (Fsp3) is 0.111. The highest BCUT2D eigenvalue weighted by molar-refractivity contribution is 9.11. The average Bonchev–Trinajstić information content (AvgIpc) is 2.49. The Morgan fingerprint density at radius 1 is 1.40 bits per heavy atom. The van der Waals surface area contributed by atoms with E-state index in [1.807, 2.05) is 29.8 Å². The Hall–Kier alpha value is -0.460. The van der Waals surface area contributed by atoms with Crippen molar-refractivity contribution in [3.05, 3.63) is 31.9 Å². The number of aromatic amines is 1. The second kappa shape index (κ2) is 4.19. The van der Waals surface area contributed by atoms with Crippen LogP contribution in [0.25, 0.3) is 11.4 Å². The minimum atomic E-state index is 0.611. The molecule has 0 aliphatic carbocycles. The van der Waals surface area contributed by atoms with E-state index in [0.717, 1.165) is 20.3 Å². The molecule has 6 heteroatoms. The molecule has 0 saturated carbocycles. The fourth-order valence-corrected chi connectivity index (χ4v) is 2.62. The van der Waals surface area contributed by atoms with Gasteiger partial charge in [-0.1, -0.05) is 15.9 Å².